The molecule has 0 aromatic heterocycles. The molecular weight excluding hydrogens is 287 g/mol. The average Bonchev–Trinajstić information content (AvgIpc) is 2.31. The van der Waals surface area contributed by atoms with E-state index in [1.165, 1.54) is 12.1 Å². The molecule has 0 heterocycles. The number of aromatic carboxylic acids is 1. The van der Waals surface area contributed by atoms with Gasteiger partial charge in [0.1, 0.15) is 5.82 Å². The maximum Gasteiger partial charge on any atom is 0.336 e. The second kappa shape index (κ2) is 6.81. The molecule has 0 fully saturated rings. The molecule has 0 bridgehead atoms. The lowest BCUT2D eigenvalue weighted by Gasteiger charge is -1.94. The van der Waals surface area contributed by atoms with Crippen molar-refractivity contribution in [2.75, 3.05) is 0 Å². The van der Waals surface area contributed by atoms with E-state index in [0.29, 0.717) is 10.0 Å². The number of rotatable bonds is 1. The smallest absolute Gasteiger partial charge is 0.336 e. The SMILES string of the molecule is Fc1ccccc1.O=C(O)c1ccccc1Br. The van der Waals surface area contributed by atoms with Crippen LogP contribution in [0.3, 0.4) is 0 Å². The Morgan fingerprint density at radius 1 is 1.00 bits per heavy atom. The quantitative estimate of drug-likeness (QED) is 0.864. The van der Waals surface area contributed by atoms with Gasteiger partial charge in [-0.3, -0.25) is 0 Å². The summed E-state index contributed by atoms with van der Waals surface area (Å²) in [6, 6.07) is 14.6. The molecule has 2 aromatic carbocycles. The fourth-order valence-corrected chi connectivity index (χ4v) is 1.50. The van der Waals surface area contributed by atoms with E-state index >= 15 is 0 Å². The van der Waals surface area contributed by atoms with Crippen molar-refractivity contribution >= 4 is 21.9 Å². The molecule has 0 unspecified atom stereocenters. The van der Waals surface area contributed by atoms with Crippen LogP contribution in [0.25, 0.3) is 0 Å². The van der Waals surface area contributed by atoms with Crippen molar-refractivity contribution in [3.8, 4) is 0 Å². The summed E-state index contributed by atoms with van der Waals surface area (Å²) in [4.78, 5) is 10.4. The van der Waals surface area contributed by atoms with Gasteiger partial charge in [0.2, 0.25) is 0 Å². The van der Waals surface area contributed by atoms with E-state index in [4.69, 9.17) is 5.11 Å². The summed E-state index contributed by atoms with van der Waals surface area (Å²) in [7, 11) is 0. The minimum absolute atomic E-state index is 0.178. The molecule has 0 radical (unpaired) electrons. The zero-order valence-electron chi connectivity index (χ0n) is 8.81. The first kappa shape index (κ1) is 13.4. The van der Waals surface area contributed by atoms with Crippen LogP contribution >= 0.6 is 15.9 Å². The van der Waals surface area contributed by atoms with Crippen molar-refractivity contribution in [1.82, 2.24) is 0 Å². The van der Waals surface area contributed by atoms with E-state index < -0.39 is 5.97 Å². The van der Waals surface area contributed by atoms with Crippen molar-refractivity contribution in [3.63, 3.8) is 0 Å². The lowest BCUT2D eigenvalue weighted by atomic mass is 10.2. The van der Waals surface area contributed by atoms with Gasteiger partial charge in [-0.05, 0) is 40.2 Å². The summed E-state index contributed by atoms with van der Waals surface area (Å²) in [5.41, 5.74) is 0.294. The Labute approximate surface area is 107 Å². The molecule has 2 rings (SSSR count). The van der Waals surface area contributed by atoms with Crippen molar-refractivity contribution in [2.45, 2.75) is 0 Å². The van der Waals surface area contributed by atoms with Gasteiger partial charge >= 0.3 is 5.97 Å². The molecule has 1 N–H and O–H groups in total. The topological polar surface area (TPSA) is 37.3 Å². The van der Waals surface area contributed by atoms with Gasteiger partial charge in [-0.25, -0.2) is 9.18 Å². The first-order valence-electron chi connectivity index (χ1n) is 4.79. The number of benzene rings is 2. The Morgan fingerprint density at radius 2 is 1.53 bits per heavy atom. The minimum atomic E-state index is -0.910. The van der Waals surface area contributed by atoms with E-state index in [0.717, 1.165) is 0 Å². The van der Waals surface area contributed by atoms with Crippen LogP contribution in [0.15, 0.2) is 59.1 Å². The van der Waals surface area contributed by atoms with Gasteiger partial charge < -0.3 is 5.11 Å². The first-order valence-corrected chi connectivity index (χ1v) is 5.59. The maximum atomic E-state index is 11.9. The van der Waals surface area contributed by atoms with Crippen LogP contribution in [0.4, 0.5) is 4.39 Å². The average molecular weight is 297 g/mol. The van der Waals surface area contributed by atoms with Gasteiger partial charge in [0.25, 0.3) is 0 Å². The van der Waals surface area contributed by atoms with Crippen molar-refractivity contribution in [2.24, 2.45) is 0 Å². The molecule has 0 amide bonds. The molecule has 17 heavy (non-hydrogen) atoms. The second-order valence-corrected chi connectivity index (χ2v) is 3.93. The monoisotopic (exact) mass is 296 g/mol. The molecule has 88 valence electrons. The molecule has 0 aliphatic carbocycles. The van der Waals surface area contributed by atoms with E-state index in [-0.39, 0.29) is 5.82 Å². The molecule has 4 heteroatoms. The third-order valence-corrected chi connectivity index (χ3v) is 2.53. The number of hydrogen-bond acceptors (Lipinski definition) is 1. The van der Waals surface area contributed by atoms with Crippen molar-refractivity contribution < 1.29 is 14.3 Å². The predicted octanol–water partition coefficient (Wildman–Crippen LogP) is 3.97. The Morgan fingerprint density at radius 3 is 1.88 bits per heavy atom. The highest BCUT2D eigenvalue weighted by molar-refractivity contribution is 9.10. The second-order valence-electron chi connectivity index (χ2n) is 3.08. The highest BCUT2D eigenvalue weighted by Crippen LogP contribution is 2.14. The fraction of sp³-hybridized carbons (Fsp3) is 0. The third kappa shape index (κ3) is 4.78. The number of carboxylic acids is 1. The number of halogens is 2. The van der Waals surface area contributed by atoms with E-state index in [2.05, 4.69) is 15.9 Å². The number of carboxylic acid groups (broad SMARTS) is 1. The van der Waals surface area contributed by atoms with Gasteiger partial charge in [-0.2, -0.15) is 0 Å². The van der Waals surface area contributed by atoms with E-state index in [9.17, 15) is 9.18 Å². The lowest BCUT2D eigenvalue weighted by Crippen LogP contribution is -1.95. The van der Waals surface area contributed by atoms with Crippen molar-refractivity contribution in [3.05, 3.63) is 70.5 Å². The number of hydrogen-bond donors (Lipinski definition) is 1. The lowest BCUT2D eigenvalue weighted by molar-refractivity contribution is 0.0696. The largest absolute Gasteiger partial charge is 0.478 e. The van der Waals surface area contributed by atoms with Crippen LogP contribution in [0, 0.1) is 5.82 Å². The molecule has 0 atom stereocenters. The van der Waals surface area contributed by atoms with Crippen LogP contribution < -0.4 is 0 Å². The Hall–Kier alpha value is -1.68. The molecule has 0 aliphatic rings. The van der Waals surface area contributed by atoms with Crippen LogP contribution in [0.1, 0.15) is 10.4 Å². The molecule has 0 saturated carbocycles. The summed E-state index contributed by atoms with van der Waals surface area (Å²) in [5.74, 6) is -1.09. The summed E-state index contributed by atoms with van der Waals surface area (Å²) in [6.07, 6.45) is 0. The Bertz CT molecular complexity index is 486. The summed E-state index contributed by atoms with van der Waals surface area (Å²) >= 11 is 3.12. The van der Waals surface area contributed by atoms with Crippen LogP contribution in [-0.2, 0) is 0 Å². The third-order valence-electron chi connectivity index (χ3n) is 1.84. The normalized spacial score (nSPS) is 9.06. The maximum absolute atomic E-state index is 11.9. The first-order chi connectivity index (χ1) is 8.11. The molecule has 0 spiro atoms. The van der Waals surface area contributed by atoms with Gasteiger partial charge in [-0.15, -0.1) is 0 Å². The highest BCUT2D eigenvalue weighted by Gasteiger charge is 2.04. The molecule has 2 aromatic rings. The van der Waals surface area contributed by atoms with E-state index in [1.54, 1.807) is 42.5 Å². The zero-order valence-corrected chi connectivity index (χ0v) is 10.4. The molecule has 0 aliphatic heterocycles. The van der Waals surface area contributed by atoms with Gasteiger partial charge in [0, 0.05) is 4.47 Å². The summed E-state index contributed by atoms with van der Waals surface area (Å²) in [6.45, 7) is 0. The van der Waals surface area contributed by atoms with Gasteiger partial charge in [-0.1, -0.05) is 30.3 Å². The van der Waals surface area contributed by atoms with Crippen LogP contribution in [0.5, 0.6) is 0 Å². The fourth-order valence-electron chi connectivity index (χ4n) is 1.05. The summed E-state index contributed by atoms with van der Waals surface area (Å²) < 4.78 is 12.5. The van der Waals surface area contributed by atoms with E-state index in [1.807, 2.05) is 0 Å². The minimum Gasteiger partial charge on any atom is -0.478 e. The Kier molecular flexibility index (Phi) is 5.36. The van der Waals surface area contributed by atoms with Gasteiger partial charge in [0.15, 0.2) is 0 Å². The Balaban J connectivity index is 0.000000181. The summed E-state index contributed by atoms with van der Waals surface area (Å²) in [5, 5.41) is 8.54. The van der Waals surface area contributed by atoms with Gasteiger partial charge in [0.05, 0.1) is 5.56 Å². The zero-order chi connectivity index (χ0) is 12.7. The molecular formula is C13H10BrFO2. The van der Waals surface area contributed by atoms with Crippen LogP contribution in [0.2, 0.25) is 0 Å². The highest BCUT2D eigenvalue weighted by atomic mass is 79.9. The number of carbonyl (C=O) groups is 1. The van der Waals surface area contributed by atoms with Crippen molar-refractivity contribution in [1.29, 1.82) is 0 Å². The predicted molar refractivity (Wildman–Crippen MR) is 67.5 cm³/mol. The molecule has 0 saturated heterocycles. The standard InChI is InChI=1S/C7H5BrO2.C6H5F/c8-6-4-2-1-3-5(6)7(9)10;7-6-4-2-1-3-5-6/h1-4H,(H,9,10);1-5H. The van der Waals surface area contributed by atoms with Crippen LogP contribution in [-0.4, -0.2) is 11.1 Å². The molecule has 2 nitrogen and oxygen atoms in total.